The monoisotopic (exact) mass is 265 g/mol. The third-order valence-electron chi connectivity index (χ3n) is 4.13. The number of nitrogens with two attached hydrogens (primary N) is 1. The largest absolute Gasteiger partial charge is 0.322 e. The highest BCUT2D eigenvalue weighted by atomic mass is 19.1. The van der Waals surface area contributed by atoms with Crippen molar-refractivity contribution in [3.63, 3.8) is 0 Å². The lowest BCUT2D eigenvalue weighted by Gasteiger charge is -2.33. The molecule has 0 spiro atoms. The van der Waals surface area contributed by atoms with Gasteiger partial charge in [-0.05, 0) is 49.9 Å². The third-order valence-corrected chi connectivity index (χ3v) is 4.13. The lowest BCUT2D eigenvalue weighted by molar-refractivity contribution is 0.162. The van der Waals surface area contributed by atoms with Crippen LogP contribution in [0.3, 0.4) is 0 Å². The molecule has 0 radical (unpaired) electrons. The molecule has 2 rings (SSSR count). The Morgan fingerprint density at radius 3 is 2.68 bits per heavy atom. The average Bonchev–Trinajstić information content (AvgIpc) is 2.41. The Balaban J connectivity index is 1.88. The number of hydrogen-bond acceptors (Lipinski definition) is 3. The van der Waals surface area contributed by atoms with Gasteiger partial charge in [-0.1, -0.05) is 13.8 Å². The Hall–Kier alpha value is -1.00. The molecule has 0 aromatic carbocycles. The number of pyridine rings is 1. The Morgan fingerprint density at radius 1 is 1.42 bits per heavy atom. The van der Waals surface area contributed by atoms with Crippen molar-refractivity contribution < 1.29 is 4.39 Å². The summed E-state index contributed by atoms with van der Waals surface area (Å²) in [6.45, 7) is 7.78. The quantitative estimate of drug-likeness (QED) is 0.910. The van der Waals surface area contributed by atoms with Crippen LogP contribution in [0.15, 0.2) is 18.3 Å². The van der Waals surface area contributed by atoms with E-state index in [1.807, 2.05) is 0 Å². The van der Waals surface area contributed by atoms with Crippen LogP contribution in [0.25, 0.3) is 0 Å². The zero-order valence-electron chi connectivity index (χ0n) is 11.8. The van der Waals surface area contributed by atoms with E-state index in [1.54, 1.807) is 6.07 Å². The van der Waals surface area contributed by atoms with Gasteiger partial charge < -0.3 is 10.6 Å². The molecule has 0 bridgehead atoms. The van der Waals surface area contributed by atoms with E-state index in [1.165, 1.54) is 25.1 Å². The van der Waals surface area contributed by atoms with Crippen molar-refractivity contribution in [1.29, 1.82) is 0 Å². The van der Waals surface area contributed by atoms with Gasteiger partial charge in [-0.25, -0.2) is 4.39 Å². The van der Waals surface area contributed by atoms with Crippen molar-refractivity contribution in [3.8, 4) is 0 Å². The van der Waals surface area contributed by atoms with E-state index in [9.17, 15) is 4.39 Å². The summed E-state index contributed by atoms with van der Waals surface area (Å²) in [5.41, 5.74) is 7.00. The van der Waals surface area contributed by atoms with E-state index in [0.717, 1.165) is 31.2 Å². The summed E-state index contributed by atoms with van der Waals surface area (Å²) in [5.74, 6) is 0.860. The molecule has 0 amide bonds. The van der Waals surface area contributed by atoms with E-state index in [4.69, 9.17) is 5.73 Å². The fourth-order valence-electron chi connectivity index (χ4n) is 2.64. The summed E-state index contributed by atoms with van der Waals surface area (Å²) in [4.78, 5) is 6.57. The van der Waals surface area contributed by atoms with Gasteiger partial charge in [0.25, 0.3) is 0 Å². The summed E-state index contributed by atoms with van der Waals surface area (Å²) in [7, 11) is 0. The Morgan fingerprint density at radius 2 is 2.11 bits per heavy atom. The predicted octanol–water partition coefficient (Wildman–Crippen LogP) is 2.59. The smallest absolute Gasteiger partial charge is 0.141 e. The zero-order valence-corrected chi connectivity index (χ0v) is 11.8. The highest BCUT2D eigenvalue weighted by molar-refractivity contribution is 5.10. The minimum Gasteiger partial charge on any atom is -0.322 e. The molecule has 2 heterocycles. The van der Waals surface area contributed by atoms with Gasteiger partial charge in [0.1, 0.15) is 5.82 Å². The first-order valence-corrected chi connectivity index (χ1v) is 7.15. The molecule has 19 heavy (non-hydrogen) atoms. The fourth-order valence-corrected chi connectivity index (χ4v) is 2.64. The van der Waals surface area contributed by atoms with Gasteiger partial charge in [-0.3, -0.25) is 4.98 Å². The van der Waals surface area contributed by atoms with Crippen molar-refractivity contribution in [2.45, 2.75) is 32.7 Å². The summed E-state index contributed by atoms with van der Waals surface area (Å²) >= 11 is 0. The van der Waals surface area contributed by atoms with Crippen LogP contribution in [0, 0.1) is 17.7 Å². The molecule has 1 fully saturated rings. The minimum absolute atomic E-state index is 0.125. The van der Waals surface area contributed by atoms with Gasteiger partial charge in [0.05, 0.1) is 17.9 Å². The van der Waals surface area contributed by atoms with E-state index in [2.05, 4.69) is 23.7 Å². The zero-order chi connectivity index (χ0) is 13.8. The summed E-state index contributed by atoms with van der Waals surface area (Å²) in [6.07, 6.45) is 3.79. The average molecular weight is 265 g/mol. The Kier molecular flexibility index (Phi) is 4.88. The van der Waals surface area contributed by atoms with Crippen LogP contribution < -0.4 is 5.73 Å². The first-order chi connectivity index (χ1) is 9.06. The summed E-state index contributed by atoms with van der Waals surface area (Å²) in [6, 6.07) is 2.99. The molecule has 106 valence electrons. The molecule has 1 aromatic rings. The second-order valence-electron chi connectivity index (χ2n) is 5.89. The molecule has 3 nitrogen and oxygen atoms in total. The topological polar surface area (TPSA) is 42.1 Å². The Bertz CT molecular complexity index is 385. The van der Waals surface area contributed by atoms with Gasteiger partial charge in [0.2, 0.25) is 0 Å². The highest BCUT2D eigenvalue weighted by Crippen LogP contribution is 2.22. The molecule has 1 aliphatic heterocycles. The standard InChI is InChI=1S/C15H24FN3/c1-11-5-7-19(8-6-11)10-12(2)15(17)14-4-3-13(16)9-18-14/h3-4,9,11-12,15H,5-8,10,17H2,1-2H3. The summed E-state index contributed by atoms with van der Waals surface area (Å²) in [5, 5.41) is 0. The normalized spacial score (nSPS) is 21.3. The first-order valence-electron chi connectivity index (χ1n) is 7.15. The SMILES string of the molecule is CC1CCN(CC(C)C(N)c2ccc(F)cn2)CC1. The number of hydrogen-bond donors (Lipinski definition) is 1. The first kappa shape index (κ1) is 14.4. The Labute approximate surface area is 115 Å². The number of nitrogens with zero attached hydrogens (tertiary/aromatic N) is 2. The molecule has 0 aliphatic carbocycles. The predicted molar refractivity (Wildman–Crippen MR) is 75.1 cm³/mol. The molecule has 0 saturated carbocycles. The minimum atomic E-state index is -0.311. The van der Waals surface area contributed by atoms with Crippen LogP contribution in [0.2, 0.25) is 0 Å². The van der Waals surface area contributed by atoms with E-state index < -0.39 is 0 Å². The van der Waals surface area contributed by atoms with Crippen LogP contribution in [0.5, 0.6) is 0 Å². The van der Waals surface area contributed by atoms with Crippen LogP contribution in [0.4, 0.5) is 4.39 Å². The molecule has 1 saturated heterocycles. The molecule has 2 unspecified atom stereocenters. The van der Waals surface area contributed by atoms with Crippen LogP contribution >= 0.6 is 0 Å². The van der Waals surface area contributed by atoms with E-state index >= 15 is 0 Å². The number of halogens is 1. The van der Waals surface area contributed by atoms with Crippen molar-refractivity contribution in [1.82, 2.24) is 9.88 Å². The molecular formula is C15H24FN3. The van der Waals surface area contributed by atoms with Crippen molar-refractivity contribution in [2.24, 2.45) is 17.6 Å². The second kappa shape index (κ2) is 6.44. The lowest BCUT2D eigenvalue weighted by Crippen LogP contribution is -2.38. The van der Waals surface area contributed by atoms with Gasteiger partial charge in [0.15, 0.2) is 0 Å². The molecular weight excluding hydrogens is 241 g/mol. The van der Waals surface area contributed by atoms with Crippen LogP contribution in [-0.2, 0) is 0 Å². The maximum Gasteiger partial charge on any atom is 0.141 e. The van der Waals surface area contributed by atoms with Crippen LogP contribution in [-0.4, -0.2) is 29.5 Å². The van der Waals surface area contributed by atoms with Gasteiger partial charge in [-0.15, -0.1) is 0 Å². The van der Waals surface area contributed by atoms with Gasteiger partial charge >= 0.3 is 0 Å². The van der Waals surface area contributed by atoms with Crippen molar-refractivity contribution >= 4 is 0 Å². The number of piperidine rings is 1. The maximum absolute atomic E-state index is 12.8. The van der Waals surface area contributed by atoms with Gasteiger partial charge in [0, 0.05) is 6.54 Å². The van der Waals surface area contributed by atoms with E-state index in [0.29, 0.717) is 5.92 Å². The molecule has 1 aliphatic rings. The lowest BCUT2D eigenvalue weighted by atomic mass is 9.95. The highest BCUT2D eigenvalue weighted by Gasteiger charge is 2.22. The molecule has 1 aromatic heterocycles. The maximum atomic E-state index is 12.8. The molecule has 4 heteroatoms. The number of aromatic nitrogens is 1. The van der Waals surface area contributed by atoms with E-state index in [-0.39, 0.29) is 11.9 Å². The second-order valence-corrected chi connectivity index (χ2v) is 5.89. The van der Waals surface area contributed by atoms with Crippen LogP contribution in [0.1, 0.15) is 38.4 Å². The van der Waals surface area contributed by atoms with Gasteiger partial charge in [-0.2, -0.15) is 0 Å². The van der Waals surface area contributed by atoms with Crippen molar-refractivity contribution in [2.75, 3.05) is 19.6 Å². The molecule has 2 N–H and O–H groups in total. The van der Waals surface area contributed by atoms with Crippen molar-refractivity contribution in [3.05, 3.63) is 29.8 Å². The summed E-state index contributed by atoms with van der Waals surface area (Å²) < 4.78 is 12.8. The fraction of sp³-hybridized carbons (Fsp3) is 0.667. The third kappa shape index (κ3) is 3.98. The number of likely N-dealkylation sites (tertiary alicyclic amines) is 1. The molecule has 2 atom stereocenters. The number of rotatable bonds is 4.